The number of fused-ring (bicyclic) bond motifs is 2. The molecular formula is C28H30Cl4N4O4S2. The van der Waals surface area contributed by atoms with Gasteiger partial charge in [-0.15, -0.1) is 0 Å². The van der Waals surface area contributed by atoms with Gasteiger partial charge in [-0.05, 0) is 43.0 Å². The van der Waals surface area contributed by atoms with Gasteiger partial charge in [0.2, 0.25) is 20.0 Å². The van der Waals surface area contributed by atoms with Crippen molar-refractivity contribution in [2.24, 2.45) is 5.92 Å². The van der Waals surface area contributed by atoms with Crippen molar-refractivity contribution in [2.45, 2.75) is 49.3 Å². The molecule has 0 unspecified atom stereocenters. The van der Waals surface area contributed by atoms with Gasteiger partial charge in [0.05, 0.1) is 19.8 Å². The number of hydrogen-bond donors (Lipinski definition) is 1. The van der Waals surface area contributed by atoms with Gasteiger partial charge in [-0.25, -0.2) is 31.5 Å². The van der Waals surface area contributed by atoms with Gasteiger partial charge in [-0.2, -0.15) is 4.31 Å². The van der Waals surface area contributed by atoms with Gasteiger partial charge in [-0.1, -0.05) is 85.2 Å². The van der Waals surface area contributed by atoms with E-state index in [0.29, 0.717) is 57.1 Å². The second kappa shape index (κ2) is 13.9. The molecule has 1 fully saturated rings. The van der Waals surface area contributed by atoms with E-state index in [1.165, 1.54) is 37.4 Å². The van der Waals surface area contributed by atoms with Crippen LogP contribution in [0.2, 0.25) is 20.4 Å². The summed E-state index contributed by atoms with van der Waals surface area (Å²) in [5.74, 6) is 0.458. The summed E-state index contributed by atoms with van der Waals surface area (Å²) in [4.78, 5) is 8.28. The third-order valence-electron chi connectivity index (χ3n) is 7.10. The van der Waals surface area contributed by atoms with Crippen molar-refractivity contribution in [3.63, 3.8) is 0 Å². The van der Waals surface area contributed by atoms with Gasteiger partial charge in [0.15, 0.2) is 0 Å². The molecule has 0 amide bonds. The maximum atomic E-state index is 13.0. The van der Waals surface area contributed by atoms with Gasteiger partial charge in [0.1, 0.15) is 10.3 Å². The van der Waals surface area contributed by atoms with Crippen LogP contribution in [0.15, 0.2) is 58.6 Å². The lowest BCUT2D eigenvalue weighted by Gasteiger charge is -2.24. The Balaban J connectivity index is 0.000000201. The van der Waals surface area contributed by atoms with Crippen molar-refractivity contribution in [2.75, 3.05) is 19.6 Å². The van der Waals surface area contributed by atoms with Crippen LogP contribution in [-0.4, -0.2) is 50.7 Å². The number of sulfonamides is 2. The summed E-state index contributed by atoms with van der Waals surface area (Å²) in [5.41, 5.74) is 0. The quantitative estimate of drug-likeness (QED) is 0.191. The predicted octanol–water partition coefficient (Wildman–Crippen LogP) is 7.58. The molecule has 2 aromatic heterocycles. The first kappa shape index (κ1) is 33.1. The Morgan fingerprint density at radius 2 is 1.29 bits per heavy atom. The molecule has 0 atom stereocenters. The largest absolute Gasteiger partial charge is 0.243 e. The Kier molecular flexibility index (Phi) is 11.0. The topological polar surface area (TPSA) is 109 Å². The van der Waals surface area contributed by atoms with Gasteiger partial charge in [0, 0.05) is 53.6 Å². The molecule has 42 heavy (non-hydrogen) atoms. The minimum Gasteiger partial charge on any atom is -0.242 e. The zero-order valence-electron chi connectivity index (χ0n) is 22.9. The highest BCUT2D eigenvalue weighted by Gasteiger charge is 2.28. The highest BCUT2D eigenvalue weighted by Crippen LogP contribution is 2.32. The molecule has 14 heteroatoms. The fourth-order valence-corrected chi connectivity index (χ4v) is 8.39. The van der Waals surface area contributed by atoms with E-state index in [2.05, 4.69) is 14.7 Å². The highest BCUT2D eigenvalue weighted by molar-refractivity contribution is 7.89. The van der Waals surface area contributed by atoms with E-state index in [0.717, 1.165) is 12.8 Å². The summed E-state index contributed by atoms with van der Waals surface area (Å²) < 4.78 is 53.7. The predicted molar refractivity (Wildman–Crippen MR) is 171 cm³/mol. The van der Waals surface area contributed by atoms with Gasteiger partial charge >= 0.3 is 0 Å². The van der Waals surface area contributed by atoms with Crippen LogP contribution in [0.3, 0.4) is 0 Å². The molecule has 1 aliphatic rings. The lowest BCUT2D eigenvalue weighted by atomic mass is 10.1. The number of halogens is 4. The van der Waals surface area contributed by atoms with E-state index < -0.39 is 20.0 Å². The molecule has 1 aliphatic carbocycles. The van der Waals surface area contributed by atoms with Crippen LogP contribution in [0.5, 0.6) is 0 Å². The Labute approximate surface area is 266 Å². The molecule has 0 saturated heterocycles. The summed E-state index contributed by atoms with van der Waals surface area (Å²) in [6.07, 6.45) is 7.50. The first-order valence-electron chi connectivity index (χ1n) is 13.4. The highest BCUT2D eigenvalue weighted by atomic mass is 35.5. The van der Waals surface area contributed by atoms with Crippen LogP contribution >= 0.6 is 46.4 Å². The second-order valence-corrected chi connectivity index (χ2v) is 15.1. The van der Waals surface area contributed by atoms with Crippen LogP contribution in [0.25, 0.3) is 21.5 Å². The smallest absolute Gasteiger partial charge is 0.242 e. The molecule has 2 heterocycles. The maximum absolute atomic E-state index is 13.0. The number of nitrogens with one attached hydrogen (secondary N) is 1. The number of benzene rings is 2. The minimum absolute atomic E-state index is 0.141. The van der Waals surface area contributed by atoms with Crippen molar-refractivity contribution in [3.8, 4) is 0 Å². The lowest BCUT2D eigenvalue weighted by Crippen LogP contribution is -2.34. The molecule has 4 aromatic rings. The van der Waals surface area contributed by atoms with Crippen molar-refractivity contribution in [1.82, 2.24) is 19.0 Å². The molecular weight excluding hydrogens is 662 g/mol. The molecule has 8 nitrogen and oxygen atoms in total. The van der Waals surface area contributed by atoms with E-state index in [9.17, 15) is 16.8 Å². The van der Waals surface area contributed by atoms with E-state index in [1.54, 1.807) is 35.5 Å². The Morgan fingerprint density at radius 3 is 1.79 bits per heavy atom. The first-order chi connectivity index (χ1) is 19.9. The van der Waals surface area contributed by atoms with E-state index in [1.807, 2.05) is 6.92 Å². The third kappa shape index (κ3) is 7.30. The third-order valence-corrected chi connectivity index (χ3v) is 11.8. The first-order valence-corrected chi connectivity index (χ1v) is 17.8. The van der Waals surface area contributed by atoms with Crippen LogP contribution in [-0.2, 0) is 20.0 Å². The molecule has 0 radical (unpaired) electrons. The maximum Gasteiger partial charge on any atom is 0.243 e. The fraction of sp³-hybridized carbons (Fsp3) is 0.357. The fourth-order valence-electron chi connectivity index (χ4n) is 4.94. The average molecular weight is 693 g/mol. The molecule has 226 valence electrons. The molecule has 0 spiro atoms. The zero-order chi connectivity index (χ0) is 30.7. The van der Waals surface area contributed by atoms with Crippen LogP contribution in [0.1, 0.15) is 39.5 Å². The molecule has 0 aliphatic heterocycles. The molecule has 0 bridgehead atoms. The number of aromatic nitrogens is 2. The van der Waals surface area contributed by atoms with Crippen LogP contribution < -0.4 is 4.72 Å². The Morgan fingerprint density at radius 1 is 0.786 bits per heavy atom. The normalized spacial score (nSPS) is 14.5. The molecule has 5 rings (SSSR count). The van der Waals surface area contributed by atoms with Crippen LogP contribution in [0, 0.1) is 5.92 Å². The van der Waals surface area contributed by atoms with Gasteiger partial charge < -0.3 is 0 Å². The number of hydrogen-bond acceptors (Lipinski definition) is 6. The monoisotopic (exact) mass is 690 g/mol. The standard InChI is InChI=1S/C17H20Cl2N2O2S.C11H10Cl2N2O2S/c1-2-21(11-12-5-3-4-6-12)24(22,23)13-7-8-14-15(9-13)17(19)20-10-16(14)18;1-2-15-18(16,17)7-3-4-8-9(5-7)11(13)14-6-10(8)12/h7-10,12H,2-6,11H2,1H3;3-6,15H,2H2,1H3. The van der Waals surface area contributed by atoms with E-state index in [-0.39, 0.29) is 20.1 Å². The van der Waals surface area contributed by atoms with E-state index in [4.69, 9.17) is 46.4 Å². The van der Waals surface area contributed by atoms with Crippen molar-refractivity contribution < 1.29 is 16.8 Å². The minimum atomic E-state index is -3.56. The molecule has 1 N–H and O–H groups in total. The van der Waals surface area contributed by atoms with E-state index >= 15 is 0 Å². The summed E-state index contributed by atoms with van der Waals surface area (Å²) in [6, 6.07) is 9.44. The average Bonchev–Trinajstić information content (AvgIpc) is 3.49. The number of pyridine rings is 2. The number of nitrogens with zero attached hydrogens (tertiary/aromatic N) is 3. The van der Waals surface area contributed by atoms with Crippen molar-refractivity contribution >= 4 is 88.0 Å². The summed E-state index contributed by atoms with van der Waals surface area (Å²) in [5, 5.41) is 3.82. The van der Waals surface area contributed by atoms with Crippen molar-refractivity contribution in [3.05, 3.63) is 69.1 Å². The van der Waals surface area contributed by atoms with Crippen LogP contribution in [0.4, 0.5) is 0 Å². The Hall–Kier alpha value is -1.76. The zero-order valence-corrected chi connectivity index (χ0v) is 27.6. The summed E-state index contributed by atoms with van der Waals surface area (Å²) >= 11 is 24.2. The Bertz CT molecular complexity index is 1820. The van der Waals surface area contributed by atoms with Crippen molar-refractivity contribution in [1.29, 1.82) is 0 Å². The summed E-state index contributed by atoms with van der Waals surface area (Å²) in [7, 11) is -7.07. The molecule has 2 aromatic carbocycles. The molecule has 1 saturated carbocycles. The lowest BCUT2D eigenvalue weighted by molar-refractivity contribution is 0.356. The van der Waals surface area contributed by atoms with Gasteiger partial charge in [0.25, 0.3) is 0 Å². The SMILES string of the molecule is CCN(CC1CCCC1)S(=O)(=O)c1ccc2c(Cl)cnc(Cl)c2c1.CCNS(=O)(=O)c1ccc2c(Cl)cnc(Cl)c2c1. The number of rotatable bonds is 8. The second-order valence-electron chi connectivity index (χ2n) is 9.82. The van der Waals surface area contributed by atoms with Gasteiger partial charge in [-0.3, -0.25) is 0 Å². The summed E-state index contributed by atoms with van der Waals surface area (Å²) in [6.45, 7) is 4.95.